The summed E-state index contributed by atoms with van der Waals surface area (Å²) < 4.78 is 38.5. The zero-order valence-corrected chi connectivity index (χ0v) is 8.09. The Balaban J connectivity index is 2.08. The van der Waals surface area contributed by atoms with Gasteiger partial charge in [-0.1, -0.05) is 0 Å². The van der Waals surface area contributed by atoms with Crippen LogP contribution < -0.4 is 4.90 Å². The summed E-state index contributed by atoms with van der Waals surface area (Å²) in [5.41, 5.74) is 0.575. The summed E-state index contributed by atoms with van der Waals surface area (Å²) in [5, 5.41) is 0. The molecule has 2 heterocycles. The molecule has 0 atom stereocenters. The molecule has 0 N–H and O–H groups in total. The third-order valence-corrected chi connectivity index (χ3v) is 2.55. The van der Waals surface area contributed by atoms with Gasteiger partial charge in [0.15, 0.2) is 0 Å². The fourth-order valence-electron chi connectivity index (χ4n) is 1.67. The zero-order chi connectivity index (χ0) is 10.9. The van der Waals surface area contributed by atoms with Gasteiger partial charge in [-0.05, 0) is 0 Å². The van der Waals surface area contributed by atoms with E-state index >= 15 is 0 Å². The normalized spacial score (nSPS) is 20.3. The fourth-order valence-corrected chi connectivity index (χ4v) is 1.67. The average molecular weight is 216 g/mol. The number of aromatic nitrogens is 1. The Kier molecular flexibility index (Phi) is 2.54. The number of halogens is 3. The van der Waals surface area contributed by atoms with Crippen molar-refractivity contribution in [2.45, 2.75) is 18.8 Å². The van der Waals surface area contributed by atoms with Crippen molar-refractivity contribution in [2.75, 3.05) is 18.0 Å². The van der Waals surface area contributed by atoms with Crippen molar-refractivity contribution in [3.63, 3.8) is 0 Å². The largest absolute Gasteiger partial charge is 0.370 e. The van der Waals surface area contributed by atoms with Crippen LogP contribution in [0.25, 0.3) is 0 Å². The fraction of sp³-hybridized carbons (Fsp3) is 0.500. The van der Waals surface area contributed by atoms with Gasteiger partial charge in [-0.2, -0.15) is 0 Å². The van der Waals surface area contributed by atoms with E-state index in [1.54, 1.807) is 4.90 Å². The first kappa shape index (κ1) is 10.3. The van der Waals surface area contributed by atoms with Crippen LogP contribution in [0.2, 0.25) is 0 Å². The molecule has 5 heteroatoms. The predicted molar refractivity (Wildman–Crippen MR) is 50.6 cm³/mol. The highest BCUT2D eigenvalue weighted by atomic mass is 19.3. The second-order valence-electron chi connectivity index (χ2n) is 3.70. The molecule has 1 aromatic heterocycles. The van der Waals surface area contributed by atoms with Gasteiger partial charge in [0.2, 0.25) is 0 Å². The minimum atomic E-state index is -2.57. The molecular weight excluding hydrogens is 205 g/mol. The summed E-state index contributed by atoms with van der Waals surface area (Å²) in [4.78, 5) is 5.42. The SMILES string of the molecule is Fc1cncc(N2CCC(F)(F)CC2)c1. The molecule has 15 heavy (non-hydrogen) atoms. The number of anilines is 1. The van der Waals surface area contributed by atoms with Crippen LogP contribution >= 0.6 is 0 Å². The van der Waals surface area contributed by atoms with Gasteiger partial charge in [0.1, 0.15) is 5.82 Å². The van der Waals surface area contributed by atoms with Crippen molar-refractivity contribution in [2.24, 2.45) is 0 Å². The van der Waals surface area contributed by atoms with Crippen molar-refractivity contribution in [1.82, 2.24) is 4.98 Å². The van der Waals surface area contributed by atoms with Gasteiger partial charge < -0.3 is 4.90 Å². The number of piperidine rings is 1. The summed E-state index contributed by atoms with van der Waals surface area (Å²) in [6, 6.07) is 1.32. The van der Waals surface area contributed by atoms with E-state index in [0.717, 1.165) is 6.20 Å². The van der Waals surface area contributed by atoms with Crippen molar-refractivity contribution < 1.29 is 13.2 Å². The lowest BCUT2D eigenvalue weighted by atomic mass is 10.1. The number of pyridine rings is 1. The van der Waals surface area contributed by atoms with Crippen LogP contribution in [0.3, 0.4) is 0 Å². The van der Waals surface area contributed by atoms with Crippen LogP contribution in [-0.4, -0.2) is 24.0 Å². The van der Waals surface area contributed by atoms with E-state index in [1.165, 1.54) is 12.3 Å². The molecule has 0 aromatic carbocycles. The summed E-state index contributed by atoms with van der Waals surface area (Å²) >= 11 is 0. The first-order valence-corrected chi connectivity index (χ1v) is 4.80. The molecule has 2 nitrogen and oxygen atoms in total. The second-order valence-corrected chi connectivity index (χ2v) is 3.70. The topological polar surface area (TPSA) is 16.1 Å². The van der Waals surface area contributed by atoms with E-state index in [0.29, 0.717) is 5.69 Å². The molecule has 0 amide bonds. The van der Waals surface area contributed by atoms with Crippen LogP contribution in [0.4, 0.5) is 18.9 Å². The van der Waals surface area contributed by atoms with Gasteiger partial charge in [0, 0.05) is 32.0 Å². The monoisotopic (exact) mass is 216 g/mol. The summed E-state index contributed by atoms with van der Waals surface area (Å²) in [5.74, 6) is -3.01. The van der Waals surface area contributed by atoms with Crippen LogP contribution in [-0.2, 0) is 0 Å². The van der Waals surface area contributed by atoms with Crippen molar-refractivity contribution in [3.05, 3.63) is 24.3 Å². The Labute approximate surface area is 85.7 Å². The Bertz CT molecular complexity index is 344. The van der Waals surface area contributed by atoms with E-state index in [1.807, 2.05) is 0 Å². The Morgan fingerprint density at radius 2 is 1.87 bits per heavy atom. The van der Waals surface area contributed by atoms with Crippen LogP contribution in [0.1, 0.15) is 12.8 Å². The second kappa shape index (κ2) is 3.72. The molecule has 1 fully saturated rings. The molecule has 82 valence electrons. The zero-order valence-electron chi connectivity index (χ0n) is 8.09. The van der Waals surface area contributed by atoms with E-state index in [2.05, 4.69) is 4.98 Å². The minimum absolute atomic E-state index is 0.177. The standard InChI is InChI=1S/C10H11F3N2/c11-8-5-9(7-14-6-8)15-3-1-10(12,13)2-4-15/h5-7H,1-4H2. The summed E-state index contributed by atoms with van der Waals surface area (Å²) in [6.07, 6.45) is 2.24. The number of alkyl halides is 2. The maximum absolute atomic E-state index is 12.9. The molecule has 0 aliphatic carbocycles. The molecule has 1 saturated heterocycles. The molecule has 1 aromatic rings. The number of nitrogens with zero attached hydrogens (tertiary/aromatic N) is 2. The van der Waals surface area contributed by atoms with Crippen LogP contribution in [0.15, 0.2) is 18.5 Å². The Hall–Kier alpha value is -1.26. The molecule has 0 bridgehead atoms. The Morgan fingerprint density at radius 3 is 2.47 bits per heavy atom. The molecule has 2 rings (SSSR count). The Morgan fingerprint density at radius 1 is 1.20 bits per heavy atom. The number of rotatable bonds is 1. The van der Waals surface area contributed by atoms with Crippen LogP contribution in [0.5, 0.6) is 0 Å². The predicted octanol–water partition coefficient (Wildman–Crippen LogP) is 2.46. The third kappa shape index (κ3) is 2.40. The molecule has 1 aliphatic rings. The van der Waals surface area contributed by atoms with Gasteiger partial charge in [0.05, 0.1) is 18.1 Å². The quantitative estimate of drug-likeness (QED) is 0.716. The molecule has 0 unspecified atom stereocenters. The minimum Gasteiger partial charge on any atom is -0.370 e. The molecule has 0 radical (unpaired) electrons. The van der Waals surface area contributed by atoms with Gasteiger partial charge in [-0.3, -0.25) is 4.98 Å². The van der Waals surface area contributed by atoms with Gasteiger partial charge in [-0.25, -0.2) is 13.2 Å². The molecule has 0 saturated carbocycles. The van der Waals surface area contributed by atoms with E-state index in [-0.39, 0.29) is 25.9 Å². The average Bonchev–Trinajstić information content (AvgIpc) is 2.17. The van der Waals surface area contributed by atoms with Crippen LogP contribution in [0, 0.1) is 5.82 Å². The van der Waals surface area contributed by atoms with E-state index in [4.69, 9.17) is 0 Å². The van der Waals surface area contributed by atoms with E-state index in [9.17, 15) is 13.2 Å². The van der Waals surface area contributed by atoms with Gasteiger partial charge in [0.25, 0.3) is 5.92 Å². The van der Waals surface area contributed by atoms with Gasteiger partial charge >= 0.3 is 0 Å². The first-order chi connectivity index (χ1) is 7.07. The van der Waals surface area contributed by atoms with Crippen molar-refractivity contribution >= 4 is 5.69 Å². The maximum atomic E-state index is 12.9. The lowest BCUT2D eigenvalue weighted by Gasteiger charge is -2.33. The highest BCUT2D eigenvalue weighted by Crippen LogP contribution is 2.30. The highest BCUT2D eigenvalue weighted by molar-refractivity contribution is 5.44. The van der Waals surface area contributed by atoms with Gasteiger partial charge in [-0.15, -0.1) is 0 Å². The smallest absolute Gasteiger partial charge is 0.251 e. The molecular formula is C10H11F3N2. The third-order valence-electron chi connectivity index (χ3n) is 2.55. The summed E-state index contributed by atoms with van der Waals surface area (Å²) in [6.45, 7) is 0.496. The lowest BCUT2D eigenvalue weighted by Crippen LogP contribution is -2.39. The van der Waals surface area contributed by atoms with Crippen molar-refractivity contribution in [1.29, 1.82) is 0 Å². The number of hydrogen-bond donors (Lipinski definition) is 0. The van der Waals surface area contributed by atoms with Crippen molar-refractivity contribution in [3.8, 4) is 0 Å². The molecule has 1 aliphatic heterocycles. The molecule has 0 spiro atoms. The number of hydrogen-bond acceptors (Lipinski definition) is 2. The summed E-state index contributed by atoms with van der Waals surface area (Å²) in [7, 11) is 0. The highest BCUT2D eigenvalue weighted by Gasteiger charge is 2.34. The van der Waals surface area contributed by atoms with E-state index < -0.39 is 11.7 Å². The lowest BCUT2D eigenvalue weighted by molar-refractivity contribution is -0.0220. The first-order valence-electron chi connectivity index (χ1n) is 4.80. The maximum Gasteiger partial charge on any atom is 0.251 e.